The molecule has 2 aliphatic rings. The Morgan fingerprint density at radius 2 is 2.11 bits per heavy atom. The average molecular weight is 271 g/mol. The molecule has 0 amide bonds. The highest BCUT2D eigenvalue weighted by Gasteiger charge is 2.41. The highest BCUT2D eigenvalue weighted by atomic mass is 35.5. The molecule has 0 unspecified atom stereocenters. The number of fused-ring (bicyclic) bond motifs is 1. The lowest BCUT2D eigenvalue weighted by molar-refractivity contribution is 0.148. The molecule has 0 radical (unpaired) electrons. The third-order valence-corrected chi connectivity index (χ3v) is 3.70. The van der Waals surface area contributed by atoms with Gasteiger partial charge in [0.05, 0.1) is 12.7 Å². The second-order valence-electron chi connectivity index (χ2n) is 4.81. The van der Waals surface area contributed by atoms with Gasteiger partial charge < -0.3 is 19.3 Å². The number of rotatable bonds is 3. The van der Waals surface area contributed by atoms with Crippen LogP contribution in [0, 0.1) is 0 Å². The third kappa shape index (κ3) is 1.99. The Morgan fingerprint density at radius 3 is 2.78 bits per heavy atom. The quantitative estimate of drug-likeness (QED) is 0.915. The number of hydrogen-bond donors (Lipinski definition) is 1. The number of ether oxygens (including phenoxy) is 3. The molecule has 1 N–H and O–H groups in total. The van der Waals surface area contributed by atoms with E-state index in [1.807, 2.05) is 6.07 Å². The molecule has 1 aromatic rings. The molecular weight excluding hydrogens is 256 g/mol. The molecule has 0 spiro atoms. The Bertz CT molecular complexity index is 482. The van der Waals surface area contributed by atoms with Gasteiger partial charge in [-0.15, -0.1) is 0 Å². The maximum Gasteiger partial charge on any atom is 0.183 e. The molecule has 3 rings (SSSR count). The lowest BCUT2D eigenvalue weighted by Crippen LogP contribution is -2.17. The monoisotopic (exact) mass is 270 g/mol. The summed E-state index contributed by atoms with van der Waals surface area (Å²) in [5, 5.41) is 10.5. The molecule has 0 bridgehead atoms. The Hall–Kier alpha value is -1.13. The Kier molecular flexibility index (Phi) is 2.79. The molecular formula is C13H15ClO4. The van der Waals surface area contributed by atoms with Gasteiger partial charge in [0.1, 0.15) is 24.0 Å². The van der Waals surface area contributed by atoms with Crippen molar-refractivity contribution < 1.29 is 19.3 Å². The van der Waals surface area contributed by atoms with Crippen LogP contribution in [0.25, 0.3) is 0 Å². The summed E-state index contributed by atoms with van der Waals surface area (Å²) in [7, 11) is 1.57. The van der Waals surface area contributed by atoms with E-state index in [9.17, 15) is 5.11 Å². The van der Waals surface area contributed by atoms with E-state index in [1.165, 1.54) is 0 Å². The summed E-state index contributed by atoms with van der Waals surface area (Å²) >= 11 is 6.27. The summed E-state index contributed by atoms with van der Waals surface area (Å²) in [6.45, 7) is 0.999. The van der Waals surface area contributed by atoms with E-state index in [0.717, 1.165) is 18.4 Å². The van der Waals surface area contributed by atoms with Crippen molar-refractivity contribution >= 4 is 11.6 Å². The predicted octanol–water partition coefficient (Wildman–Crippen LogP) is 2.19. The molecule has 0 saturated heterocycles. The summed E-state index contributed by atoms with van der Waals surface area (Å²) in [5.41, 5.74) is 0.271. The number of aliphatic hydroxyl groups is 1. The number of benzene rings is 1. The van der Waals surface area contributed by atoms with Crippen LogP contribution in [-0.4, -0.2) is 31.0 Å². The molecule has 18 heavy (non-hydrogen) atoms. The molecule has 1 aromatic carbocycles. The molecule has 1 fully saturated rings. The van der Waals surface area contributed by atoms with Crippen molar-refractivity contribution in [2.75, 3.05) is 20.3 Å². The molecule has 1 saturated carbocycles. The number of halogens is 1. The molecule has 0 aromatic heterocycles. The van der Waals surface area contributed by atoms with Crippen LogP contribution in [0.5, 0.6) is 17.2 Å². The SMILES string of the molecule is COc1c(CC2(O)CC2)cc2c(c1Cl)OCCO2. The van der Waals surface area contributed by atoms with Crippen LogP contribution in [0.2, 0.25) is 5.02 Å². The molecule has 1 heterocycles. The fourth-order valence-corrected chi connectivity index (χ4v) is 2.55. The van der Waals surface area contributed by atoms with Crippen molar-refractivity contribution in [1.82, 2.24) is 0 Å². The van der Waals surface area contributed by atoms with E-state index in [4.69, 9.17) is 25.8 Å². The van der Waals surface area contributed by atoms with Crippen molar-refractivity contribution in [3.05, 3.63) is 16.7 Å². The minimum absolute atomic E-state index is 0.425. The third-order valence-electron chi connectivity index (χ3n) is 3.36. The van der Waals surface area contributed by atoms with Crippen LogP contribution in [0.4, 0.5) is 0 Å². The molecule has 0 atom stereocenters. The zero-order valence-corrected chi connectivity index (χ0v) is 10.9. The van der Waals surface area contributed by atoms with Gasteiger partial charge in [-0.25, -0.2) is 0 Å². The van der Waals surface area contributed by atoms with Crippen LogP contribution in [0.1, 0.15) is 18.4 Å². The minimum atomic E-state index is -0.597. The molecule has 1 aliphatic heterocycles. The molecule has 1 aliphatic carbocycles. The Morgan fingerprint density at radius 1 is 1.39 bits per heavy atom. The van der Waals surface area contributed by atoms with E-state index in [2.05, 4.69) is 0 Å². The van der Waals surface area contributed by atoms with Crippen molar-refractivity contribution in [3.8, 4) is 17.2 Å². The lowest BCUT2D eigenvalue weighted by Gasteiger charge is -2.23. The smallest absolute Gasteiger partial charge is 0.183 e. The van der Waals surface area contributed by atoms with Crippen LogP contribution in [0.15, 0.2) is 6.07 Å². The Labute approximate surface area is 110 Å². The minimum Gasteiger partial charge on any atom is -0.495 e. The summed E-state index contributed by atoms with van der Waals surface area (Å²) in [6, 6.07) is 1.86. The van der Waals surface area contributed by atoms with E-state index >= 15 is 0 Å². The van der Waals surface area contributed by atoms with Gasteiger partial charge in [0, 0.05) is 12.0 Å². The van der Waals surface area contributed by atoms with Gasteiger partial charge in [-0.05, 0) is 18.9 Å². The topological polar surface area (TPSA) is 47.9 Å². The van der Waals surface area contributed by atoms with Crippen LogP contribution < -0.4 is 14.2 Å². The highest BCUT2D eigenvalue weighted by Crippen LogP contribution is 2.48. The average Bonchev–Trinajstić information content (AvgIpc) is 3.07. The predicted molar refractivity (Wildman–Crippen MR) is 66.9 cm³/mol. The summed E-state index contributed by atoms with van der Waals surface area (Å²) in [6.07, 6.45) is 2.18. The lowest BCUT2D eigenvalue weighted by atomic mass is 10.0. The molecule has 98 valence electrons. The van der Waals surface area contributed by atoms with E-state index in [-0.39, 0.29) is 0 Å². The van der Waals surface area contributed by atoms with Gasteiger partial charge in [-0.1, -0.05) is 11.6 Å². The summed E-state index contributed by atoms with van der Waals surface area (Å²) < 4.78 is 16.4. The summed E-state index contributed by atoms with van der Waals surface area (Å²) in [5.74, 6) is 1.74. The van der Waals surface area contributed by atoms with Gasteiger partial charge >= 0.3 is 0 Å². The van der Waals surface area contributed by atoms with Crippen LogP contribution in [-0.2, 0) is 6.42 Å². The van der Waals surface area contributed by atoms with E-state index < -0.39 is 5.60 Å². The maximum absolute atomic E-state index is 10.0. The maximum atomic E-state index is 10.0. The normalized spacial score (nSPS) is 19.5. The van der Waals surface area contributed by atoms with Gasteiger partial charge in [-0.3, -0.25) is 0 Å². The largest absolute Gasteiger partial charge is 0.495 e. The van der Waals surface area contributed by atoms with Crippen LogP contribution >= 0.6 is 11.6 Å². The molecule has 4 nitrogen and oxygen atoms in total. The van der Waals surface area contributed by atoms with Gasteiger partial charge in [0.2, 0.25) is 0 Å². The van der Waals surface area contributed by atoms with Gasteiger partial charge in [0.15, 0.2) is 11.5 Å². The van der Waals surface area contributed by atoms with Gasteiger partial charge in [0.25, 0.3) is 0 Å². The zero-order valence-electron chi connectivity index (χ0n) is 10.2. The first kappa shape index (κ1) is 11.9. The van der Waals surface area contributed by atoms with Crippen molar-refractivity contribution in [1.29, 1.82) is 0 Å². The van der Waals surface area contributed by atoms with Crippen molar-refractivity contribution in [3.63, 3.8) is 0 Å². The first-order chi connectivity index (χ1) is 8.63. The first-order valence-corrected chi connectivity index (χ1v) is 6.38. The molecule has 5 heteroatoms. The number of hydrogen-bond acceptors (Lipinski definition) is 4. The van der Waals surface area contributed by atoms with Gasteiger partial charge in [-0.2, -0.15) is 0 Å². The second-order valence-corrected chi connectivity index (χ2v) is 5.19. The summed E-state index contributed by atoms with van der Waals surface area (Å²) in [4.78, 5) is 0. The fraction of sp³-hybridized carbons (Fsp3) is 0.538. The Balaban J connectivity index is 2.03. The highest BCUT2D eigenvalue weighted by molar-refractivity contribution is 6.34. The van der Waals surface area contributed by atoms with E-state index in [1.54, 1.807) is 7.11 Å². The number of methoxy groups -OCH3 is 1. The van der Waals surface area contributed by atoms with Crippen molar-refractivity contribution in [2.45, 2.75) is 24.9 Å². The first-order valence-electron chi connectivity index (χ1n) is 6.00. The standard InChI is InChI=1S/C13H15ClO4/c1-16-11-8(7-13(15)2-3-13)6-9-12(10(11)14)18-5-4-17-9/h6,15H,2-5,7H2,1H3. The van der Waals surface area contributed by atoms with Crippen molar-refractivity contribution in [2.24, 2.45) is 0 Å². The fourth-order valence-electron chi connectivity index (χ4n) is 2.21. The second kappa shape index (κ2) is 4.21. The van der Waals surface area contributed by atoms with Crippen LogP contribution in [0.3, 0.4) is 0 Å². The zero-order chi connectivity index (χ0) is 12.8. The van der Waals surface area contributed by atoms with E-state index in [0.29, 0.717) is 41.9 Å².